The van der Waals surface area contributed by atoms with Gasteiger partial charge >= 0.3 is 0 Å². The number of hydrogen-bond donors (Lipinski definition) is 0. The lowest BCUT2D eigenvalue weighted by atomic mass is 10.1. The molecule has 1 aromatic carbocycles. The Labute approximate surface area is 119 Å². The molecule has 2 heterocycles. The van der Waals surface area contributed by atoms with Gasteiger partial charge in [-0.25, -0.2) is 0 Å². The van der Waals surface area contributed by atoms with E-state index in [-0.39, 0.29) is 5.91 Å². The molecular weight excluding hydrogens is 254 g/mol. The van der Waals surface area contributed by atoms with Crippen molar-refractivity contribution in [3.63, 3.8) is 0 Å². The number of benzene rings is 1. The summed E-state index contributed by atoms with van der Waals surface area (Å²) in [7, 11) is 0. The first-order chi connectivity index (χ1) is 9.83. The maximum absolute atomic E-state index is 12.0. The third-order valence-corrected chi connectivity index (χ3v) is 3.90. The Morgan fingerprint density at radius 2 is 1.80 bits per heavy atom. The van der Waals surface area contributed by atoms with Crippen LogP contribution in [0.25, 0.3) is 0 Å². The Bertz CT molecular complexity index is 481. The molecule has 0 unspecified atom stereocenters. The molecule has 1 saturated heterocycles. The van der Waals surface area contributed by atoms with E-state index in [9.17, 15) is 4.79 Å². The number of ether oxygens (including phenoxy) is 2. The van der Waals surface area contributed by atoms with Gasteiger partial charge in [-0.15, -0.1) is 0 Å². The van der Waals surface area contributed by atoms with Crippen molar-refractivity contribution in [2.75, 3.05) is 26.3 Å². The predicted molar refractivity (Wildman–Crippen MR) is 76.2 cm³/mol. The number of fused-ring (bicyclic) bond motifs is 1. The number of likely N-dealkylation sites (tertiary alicyclic amines) is 1. The van der Waals surface area contributed by atoms with Crippen LogP contribution in [0.3, 0.4) is 0 Å². The summed E-state index contributed by atoms with van der Waals surface area (Å²) in [5, 5.41) is 0. The summed E-state index contributed by atoms with van der Waals surface area (Å²) in [6, 6.07) is 6.00. The molecule has 1 aromatic rings. The van der Waals surface area contributed by atoms with Gasteiger partial charge in [0.05, 0.1) is 13.2 Å². The lowest BCUT2D eigenvalue weighted by molar-refractivity contribution is -0.130. The van der Waals surface area contributed by atoms with Crippen molar-refractivity contribution in [2.45, 2.75) is 32.1 Å². The molecule has 3 rings (SSSR count). The van der Waals surface area contributed by atoms with Crippen molar-refractivity contribution in [2.24, 2.45) is 0 Å². The molecule has 20 heavy (non-hydrogen) atoms. The summed E-state index contributed by atoms with van der Waals surface area (Å²) < 4.78 is 11.3. The number of nitrogens with zero attached hydrogens (tertiary/aromatic N) is 1. The molecule has 0 bridgehead atoms. The zero-order chi connectivity index (χ0) is 13.8. The molecule has 1 amide bonds. The second-order valence-electron chi connectivity index (χ2n) is 5.42. The van der Waals surface area contributed by atoms with Crippen molar-refractivity contribution >= 4 is 5.91 Å². The fourth-order valence-corrected chi connectivity index (χ4v) is 2.74. The number of hydrogen-bond acceptors (Lipinski definition) is 3. The van der Waals surface area contributed by atoms with Gasteiger partial charge in [0.15, 0.2) is 11.5 Å². The van der Waals surface area contributed by atoms with Gasteiger partial charge in [0.2, 0.25) is 5.91 Å². The number of amides is 1. The molecule has 4 nitrogen and oxygen atoms in total. The number of rotatable bonds is 3. The van der Waals surface area contributed by atoms with E-state index in [4.69, 9.17) is 9.47 Å². The van der Waals surface area contributed by atoms with Gasteiger partial charge in [-0.2, -0.15) is 0 Å². The van der Waals surface area contributed by atoms with Crippen LogP contribution in [-0.4, -0.2) is 37.1 Å². The first-order valence-corrected chi connectivity index (χ1v) is 7.49. The minimum Gasteiger partial charge on any atom is -0.490 e. The van der Waals surface area contributed by atoms with Gasteiger partial charge in [-0.3, -0.25) is 4.79 Å². The summed E-state index contributed by atoms with van der Waals surface area (Å²) in [6.07, 6.45) is 4.56. The van der Waals surface area contributed by atoms with Crippen LogP contribution in [0.2, 0.25) is 0 Å². The summed E-state index contributed by atoms with van der Waals surface area (Å²) in [6.45, 7) is 3.27. The zero-order valence-corrected chi connectivity index (χ0v) is 11.8. The van der Waals surface area contributed by atoms with Crippen molar-refractivity contribution in [1.82, 2.24) is 4.90 Å². The Hall–Kier alpha value is -1.71. The predicted octanol–water partition coefficient (Wildman–Crippen LogP) is 2.40. The van der Waals surface area contributed by atoms with Crippen molar-refractivity contribution in [3.8, 4) is 11.5 Å². The van der Waals surface area contributed by atoms with Gasteiger partial charge in [0.25, 0.3) is 0 Å². The molecule has 2 aliphatic heterocycles. The lowest BCUT2D eigenvalue weighted by Crippen LogP contribution is -2.27. The zero-order valence-electron chi connectivity index (χ0n) is 11.8. The van der Waals surface area contributed by atoms with Crippen LogP contribution < -0.4 is 9.47 Å². The van der Waals surface area contributed by atoms with Gasteiger partial charge in [-0.05, 0) is 37.0 Å². The molecule has 0 spiro atoms. The molecule has 4 heteroatoms. The summed E-state index contributed by atoms with van der Waals surface area (Å²) in [5.74, 6) is 1.90. The molecule has 1 fully saturated rings. The molecule has 0 N–H and O–H groups in total. The molecule has 0 aromatic heterocycles. The van der Waals surface area contributed by atoms with Gasteiger partial charge in [-0.1, -0.05) is 6.07 Å². The highest BCUT2D eigenvalue weighted by molar-refractivity contribution is 5.76. The first-order valence-electron chi connectivity index (χ1n) is 7.49. The van der Waals surface area contributed by atoms with Crippen LogP contribution >= 0.6 is 0 Å². The Kier molecular flexibility index (Phi) is 4.09. The molecule has 0 aliphatic carbocycles. The SMILES string of the molecule is O=C(CCc1ccc2c(c1)OCCCO2)N1CCCC1. The molecule has 0 saturated carbocycles. The monoisotopic (exact) mass is 275 g/mol. The Morgan fingerprint density at radius 1 is 1.05 bits per heavy atom. The van der Waals surface area contributed by atoms with E-state index in [1.165, 1.54) is 0 Å². The molecule has 108 valence electrons. The van der Waals surface area contributed by atoms with E-state index in [2.05, 4.69) is 0 Å². The van der Waals surface area contributed by atoms with Crippen LogP contribution in [0.15, 0.2) is 18.2 Å². The Morgan fingerprint density at radius 3 is 2.60 bits per heavy atom. The van der Waals surface area contributed by atoms with E-state index in [0.29, 0.717) is 19.6 Å². The van der Waals surface area contributed by atoms with Gasteiger partial charge in [0, 0.05) is 25.9 Å². The average molecular weight is 275 g/mol. The molecule has 0 atom stereocenters. The van der Waals surface area contributed by atoms with Crippen LogP contribution in [0.1, 0.15) is 31.2 Å². The highest BCUT2D eigenvalue weighted by Gasteiger charge is 2.18. The highest BCUT2D eigenvalue weighted by atomic mass is 16.5. The van der Waals surface area contributed by atoms with Gasteiger partial charge in [0.1, 0.15) is 0 Å². The van der Waals surface area contributed by atoms with Crippen molar-refractivity contribution < 1.29 is 14.3 Å². The van der Waals surface area contributed by atoms with E-state index < -0.39 is 0 Å². The normalized spacial score (nSPS) is 17.9. The van der Waals surface area contributed by atoms with E-state index in [1.807, 2.05) is 23.1 Å². The number of carbonyl (C=O) groups excluding carboxylic acids is 1. The van der Waals surface area contributed by atoms with Crippen molar-refractivity contribution in [1.29, 1.82) is 0 Å². The maximum Gasteiger partial charge on any atom is 0.222 e. The summed E-state index contributed by atoms with van der Waals surface area (Å²) in [5.41, 5.74) is 1.14. The summed E-state index contributed by atoms with van der Waals surface area (Å²) in [4.78, 5) is 14.0. The van der Waals surface area contributed by atoms with Crippen LogP contribution in [0.4, 0.5) is 0 Å². The first kappa shape index (κ1) is 13.3. The third-order valence-electron chi connectivity index (χ3n) is 3.90. The quantitative estimate of drug-likeness (QED) is 0.850. The minimum atomic E-state index is 0.273. The molecule has 2 aliphatic rings. The van der Waals surface area contributed by atoms with Crippen LogP contribution in [0, 0.1) is 0 Å². The molecular formula is C16H21NO3. The fraction of sp³-hybridized carbons (Fsp3) is 0.562. The second kappa shape index (κ2) is 6.16. The standard InChI is InChI=1S/C16H21NO3/c18-16(17-8-1-2-9-17)7-5-13-4-6-14-15(12-13)20-11-3-10-19-14/h4,6,12H,1-3,5,7-11H2. The number of aryl methyl sites for hydroxylation is 1. The second-order valence-corrected chi connectivity index (χ2v) is 5.42. The lowest BCUT2D eigenvalue weighted by Gasteiger charge is -2.15. The van der Waals surface area contributed by atoms with Crippen LogP contribution in [0.5, 0.6) is 11.5 Å². The minimum absolute atomic E-state index is 0.273. The topological polar surface area (TPSA) is 38.8 Å². The van der Waals surface area contributed by atoms with Gasteiger partial charge < -0.3 is 14.4 Å². The smallest absolute Gasteiger partial charge is 0.222 e. The third kappa shape index (κ3) is 3.06. The summed E-state index contributed by atoms with van der Waals surface area (Å²) >= 11 is 0. The highest BCUT2D eigenvalue weighted by Crippen LogP contribution is 2.30. The van der Waals surface area contributed by atoms with Crippen LogP contribution in [-0.2, 0) is 11.2 Å². The number of carbonyl (C=O) groups is 1. The maximum atomic E-state index is 12.0. The largest absolute Gasteiger partial charge is 0.490 e. The average Bonchev–Trinajstić information content (AvgIpc) is 2.90. The van der Waals surface area contributed by atoms with E-state index in [0.717, 1.165) is 55.8 Å². The molecule has 0 radical (unpaired) electrons. The fourth-order valence-electron chi connectivity index (χ4n) is 2.74. The Balaban J connectivity index is 1.60. The van der Waals surface area contributed by atoms with E-state index in [1.54, 1.807) is 0 Å². The van der Waals surface area contributed by atoms with Crippen molar-refractivity contribution in [3.05, 3.63) is 23.8 Å². The van der Waals surface area contributed by atoms with E-state index >= 15 is 0 Å².